The van der Waals surface area contributed by atoms with E-state index < -0.39 is 5.60 Å². The van der Waals surface area contributed by atoms with Crippen LogP contribution in [0.3, 0.4) is 0 Å². The molecule has 3 saturated carbocycles. The van der Waals surface area contributed by atoms with Crippen molar-refractivity contribution >= 4 is 22.2 Å². The largest absolute Gasteiger partial charge is 0.393 e. The third-order valence-corrected chi connectivity index (χ3v) is 10.5. The molecule has 7 rings (SSSR count). The fraction of sp³-hybridized carbons (Fsp3) is 0.552. The van der Waals surface area contributed by atoms with Gasteiger partial charge in [0.1, 0.15) is 5.82 Å². The van der Waals surface area contributed by atoms with E-state index in [4.69, 9.17) is 5.73 Å². The smallest absolute Gasteiger partial charge is 0.131 e. The van der Waals surface area contributed by atoms with Gasteiger partial charge in [-0.3, -0.25) is 0 Å². The fourth-order valence-electron chi connectivity index (χ4n) is 8.79. The van der Waals surface area contributed by atoms with Crippen LogP contribution in [-0.2, 0) is 0 Å². The topological polar surface area (TPSA) is 79.4 Å². The van der Waals surface area contributed by atoms with Crippen LogP contribution in [0.4, 0.5) is 5.82 Å². The third kappa shape index (κ3) is 2.57. The molecule has 1 heterocycles. The first kappa shape index (κ1) is 20.2. The first-order valence-corrected chi connectivity index (χ1v) is 12.8. The molecule has 5 aliphatic rings. The molecule has 33 heavy (non-hydrogen) atoms. The monoisotopic (exact) mass is 442 g/mol. The van der Waals surface area contributed by atoms with Gasteiger partial charge in [-0.2, -0.15) is 0 Å². The molecule has 0 saturated heterocycles. The van der Waals surface area contributed by atoms with E-state index in [0.717, 1.165) is 55.7 Å². The molecular weight excluding hydrogens is 408 g/mol. The number of hydrogen-bond donors (Lipinski definition) is 3. The number of nitrogens with zero attached hydrogens (tertiary/aromatic N) is 1. The van der Waals surface area contributed by atoms with Crippen LogP contribution >= 0.6 is 0 Å². The fourth-order valence-corrected chi connectivity index (χ4v) is 8.79. The quantitative estimate of drug-likeness (QED) is 0.527. The van der Waals surface area contributed by atoms with Crippen molar-refractivity contribution in [3.8, 4) is 0 Å². The van der Waals surface area contributed by atoms with Crippen molar-refractivity contribution < 1.29 is 10.2 Å². The van der Waals surface area contributed by atoms with Gasteiger partial charge in [0.2, 0.25) is 0 Å². The Kier molecular flexibility index (Phi) is 3.97. The zero-order chi connectivity index (χ0) is 22.6. The number of rotatable bonds is 1. The van der Waals surface area contributed by atoms with Crippen LogP contribution in [0.25, 0.3) is 16.3 Å². The maximum Gasteiger partial charge on any atom is 0.131 e. The molecule has 0 bridgehead atoms. The van der Waals surface area contributed by atoms with Crippen molar-refractivity contribution in [1.82, 2.24) is 4.98 Å². The highest BCUT2D eigenvalue weighted by atomic mass is 16.3. The summed E-state index contributed by atoms with van der Waals surface area (Å²) in [4.78, 5) is 4.29. The van der Waals surface area contributed by atoms with E-state index in [1.54, 1.807) is 6.20 Å². The summed E-state index contributed by atoms with van der Waals surface area (Å²) in [6, 6.07) is 8.56. The van der Waals surface area contributed by atoms with Gasteiger partial charge in [0.25, 0.3) is 0 Å². The van der Waals surface area contributed by atoms with E-state index in [9.17, 15) is 10.2 Å². The molecule has 1 aromatic carbocycles. The number of hydrogen-bond acceptors (Lipinski definition) is 4. The Morgan fingerprint density at radius 3 is 2.85 bits per heavy atom. The minimum atomic E-state index is -0.723. The minimum absolute atomic E-state index is 0.0834. The second-order valence-electron chi connectivity index (χ2n) is 11.9. The van der Waals surface area contributed by atoms with E-state index in [-0.39, 0.29) is 22.9 Å². The Morgan fingerprint density at radius 1 is 1.09 bits per heavy atom. The number of nitrogens with two attached hydrogens (primary N) is 1. The highest BCUT2D eigenvalue weighted by molar-refractivity contribution is 5.94. The lowest BCUT2D eigenvalue weighted by Gasteiger charge is -2.49. The predicted molar refractivity (Wildman–Crippen MR) is 131 cm³/mol. The summed E-state index contributed by atoms with van der Waals surface area (Å²) in [5.41, 5.74) is 9.54. The summed E-state index contributed by atoms with van der Waals surface area (Å²) < 4.78 is 0. The molecule has 0 aliphatic heterocycles. The van der Waals surface area contributed by atoms with Crippen LogP contribution in [0, 0.1) is 28.6 Å². The van der Waals surface area contributed by atoms with Gasteiger partial charge in [-0.25, -0.2) is 4.98 Å². The van der Waals surface area contributed by atoms with E-state index in [1.165, 1.54) is 23.1 Å². The number of aromatic nitrogens is 1. The average molecular weight is 443 g/mol. The maximum atomic E-state index is 12.4. The molecule has 6 unspecified atom stereocenters. The van der Waals surface area contributed by atoms with Crippen molar-refractivity contribution in [1.29, 1.82) is 0 Å². The van der Waals surface area contributed by atoms with Crippen molar-refractivity contribution in [2.45, 2.75) is 70.0 Å². The van der Waals surface area contributed by atoms with Gasteiger partial charge in [0.05, 0.1) is 11.7 Å². The van der Waals surface area contributed by atoms with Crippen LogP contribution < -0.4 is 5.73 Å². The maximum absolute atomic E-state index is 12.4. The summed E-state index contributed by atoms with van der Waals surface area (Å²) in [6.07, 6.45) is 14.4. The van der Waals surface area contributed by atoms with Crippen LogP contribution in [0.15, 0.2) is 48.2 Å². The molecule has 3 fully saturated rings. The van der Waals surface area contributed by atoms with Gasteiger partial charge in [-0.1, -0.05) is 31.2 Å². The summed E-state index contributed by atoms with van der Waals surface area (Å²) >= 11 is 0. The number of allylic oxidation sites excluding steroid dienone is 3. The number of nitrogen functional groups attached to an aromatic ring is 1. The van der Waals surface area contributed by atoms with E-state index in [0.29, 0.717) is 17.7 Å². The Balaban J connectivity index is 1.28. The summed E-state index contributed by atoms with van der Waals surface area (Å²) in [6.45, 7) is 2.36. The summed E-state index contributed by atoms with van der Waals surface area (Å²) in [7, 11) is 0. The van der Waals surface area contributed by atoms with Gasteiger partial charge in [0, 0.05) is 22.9 Å². The predicted octanol–water partition coefficient (Wildman–Crippen LogP) is 5.25. The minimum Gasteiger partial charge on any atom is -0.393 e. The van der Waals surface area contributed by atoms with Crippen LogP contribution in [0.5, 0.6) is 0 Å². The van der Waals surface area contributed by atoms with Gasteiger partial charge in [-0.15, -0.1) is 0 Å². The molecule has 5 aliphatic carbocycles. The van der Waals surface area contributed by atoms with Crippen LogP contribution in [0.1, 0.15) is 63.9 Å². The van der Waals surface area contributed by atoms with E-state index >= 15 is 0 Å². The standard InChI is InChI=1S/C29H34N2O2/c1-27-11-9-23-24-16-28(24)15-20(32)5-4-19(28)8-12-29(23,33)25(27)7-6-22(27)18-3-2-17-10-13-31-26(30)21(17)14-18/h2-3,6,9-10,13-14,19-20,24-25,32-33H,4-5,7-8,11-12,15-16H2,1H3,(H2,30,31)/t19?,20?,24?,25?,27?,28?,29-/m1/s1. The number of fused-ring (bicyclic) bond motifs is 5. The highest BCUT2D eigenvalue weighted by Crippen LogP contribution is 2.74. The Bertz CT molecular complexity index is 1230. The number of pyridine rings is 1. The Labute approximate surface area is 195 Å². The van der Waals surface area contributed by atoms with Gasteiger partial charge in [-0.05, 0) is 103 Å². The van der Waals surface area contributed by atoms with Crippen LogP contribution in [0.2, 0.25) is 0 Å². The molecule has 2 aromatic rings. The molecule has 0 amide bonds. The number of benzene rings is 1. The van der Waals surface area contributed by atoms with Gasteiger partial charge < -0.3 is 15.9 Å². The molecule has 4 N–H and O–H groups in total. The molecular formula is C29H34N2O2. The Hall–Kier alpha value is -2.17. The zero-order valence-electron chi connectivity index (χ0n) is 19.4. The van der Waals surface area contributed by atoms with Crippen LogP contribution in [-0.4, -0.2) is 26.9 Å². The van der Waals surface area contributed by atoms with Gasteiger partial charge >= 0.3 is 0 Å². The molecule has 4 heteroatoms. The third-order valence-electron chi connectivity index (χ3n) is 10.5. The molecule has 7 atom stereocenters. The average Bonchev–Trinajstić information content (AvgIpc) is 3.37. The Morgan fingerprint density at radius 2 is 1.97 bits per heavy atom. The molecule has 4 nitrogen and oxygen atoms in total. The molecule has 1 aromatic heterocycles. The first-order valence-electron chi connectivity index (χ1n) is 12.8. The number of aliphatic hydroxyl groups excluding tert-OH is 1. The molecule has 0 radical (unpaired) electrons. The normalized spacial score (nSPS) is 43.5. The van der Waals surface area contributed by atoms with E-state index in [1.807, 2.05) is 6.07 Å². The van der Waals surface area contributed by atoms with E-state index in [2.05, 4.69) is 42.3 Å². The number of aliphatic hydroxyl groups is 2. The first-order chi connectivity index (χ1) is 15.8. The second-order valence-corrected chi connectivity index (χ2v) is 11.9. The SMILES string of the molecule is CC12CC=C3C4CC45CC(O)CCC5CC[C@]3(O)C1CC=C2c1ccc2ccnc(N)c2c1. The summed E-state index contributed by atoms with van der Waals surface area (Å²) in [5, 5.41) is 25.0. The summed E-state index contributed by atoms with van der Waals surface area (Å²) in [5.74, 6) is 1.93. The van der Waals surface area contributed by atoms with Gasteiger partial charge in [0.15, 0.2) is 0 Å². The number of anilines is 1. The highest BCUT2D eigenvalue weighted by Gasteiger charge is 2.68. The lowest BCUT2D eigenvalue weighted by atomic mass is 9.57. The van der Waals surface area contributed by atoms with Crippen molar-refractivity contribution in [2.24, 2.45) is 28.6 Å². The molecule has 1 spiro atoms. The van der Waals surface area contributed by atoms with Crippen molar-refractivity contribution in [3.63, 3.8) is 0 Å². The molecule has 172 valence electrons. The lowest BCUT2D eigenvalue weighted by Crippen LogP contribution is -2.49. The lowest BCUT2D eigenvalue weighted by molar-refractivity contribution is -0.0389. The second kappa shape index (κ2) is 6.49. The van der Waals surface area contributed by atoms with Crippen molar-refractivity contribution in [2.75, 3.05) is 5.73 Å². The van der Waals surface area contributed by atoms with Crippen molar-refractivity contribution in [3.05, 3.63) is 53.8 Å². The zero-order valence-corrected chi connectivity index (χ0v) is 19.4.